The number of hydrogen-bond donors (Lipinski definition) is 0. The van der Waals surface area contributed by atoms with E-state index in [0.717, 1.165) is 36.2 Å². The predicted molar refractivity (Wildman–Crippen MR) is 137 cm³/mol. The van der Waals surface area contributed by atoms with Crippen LogP contribution in [0, 0.1) is 5.82 Å². The summed E-state index contributed by atoms with van der Waals surface area (Å²) in [5.74, 6) is -0.155. The van der Waals surface area contributed by atoms with Crippen LogP contribution in [0.2, 0.25) is 5.02 Å². The van der Waals surface area contributed by atoms with Crippen molar-refractivity contribution in [3.05, 3.63) is 77.1 Å². The minimum absolute atomic E-state index is 0.0325. The Kier molecular flexibility index (Phi) is 6.26. The summed E-state index contributed by atoms with van der Waals surface area (Å²) < 4.78 is 21.7. The number of carbonyl (C=O) groups excluding carboxylic acids is 1. The van der Waals surface area contributed by atoms with Gasteiger partial charge in [-0.3, -0.25) is 14.1 Å². The van der Waals surface area contributed by atoms with Crippen LogP contribution in [0.25, 0.3) is 17.0 Å². The first-order valence-electron chi connectivity index (χ1n) is 12.4. The molecule has 2 unspecified atom stereocenters. The molecule has 0 radical (unpaired) electrons. The first kappa shape index (κ1) is 23.8. The van der Waals surface area contributed by atoms with Crippen molar-refractivity contribution in [1.29, 1.82) is 0 Å². The van der Waals surface area contributed by atoms with E-state index in [-0.39, 0.29) is 23.5 Å². The number of nitrogens with zero attached hydrogens (tertiary/aromatic N) is 6. The molecule has 1 aromatic carbocycles. The maximum absolute atomic E-state index is 14.6. The Hall–Kier alpha value is -3.56. The van der Waals surface area contributed by atoms with Gasteiger partial charge in [0, 0.05) is 60.8 Å². The van der Waals surface area contributed by atoms with Gasteiger partial charge in [0.2, 0.25) is 11.7 Å². The third-order valence-corrected chi connectivity index (χ3v) is 7.66. The number of carbonyl (C=O) groups is 1. The smallest absolute Gasteiger partial charge is 0.275 e. The molecule has 3 aliphatic heterocycles. The van der Waals surface area contributed by atoms with Gasteiger partial charge in [-0.25, -0.2) is 19.3 Å². The number of methoxy groups -OCH3 is 1. The molecule has 0 N–H and O–H groups in total. The van der Waals surface area contributed by atoms with Gasteiger partial charge in [-0.1, -0.05) is 23.7 Å². The first-order valence-corrected chi connectivity index (χ1v) is 12.7. The molecule has 3 aromatic heterocycles. The van der Waals surface area contributed by atoms with Crippen LogP contribution in [0.3, 0.4) is 0 Å². The Balaban J connectivity index is 1.30. The van der Waals surface area contributed by atoms with Crippen LogP contribution in [-0.4, -0.2) is 67.3 Å². The predicted octanol–water partition coefficient (Wildman–Crippen LogP) is 4.47. The zero-order chi connectivity index (χ0) is 25.5. The Bertz CT molecular complexity index is 1460. The minimum Gasteiger partial charge on any atom is -0.481 e. The highest BCUT2D eigenvalue weighted by molar-refractivity contribution is 6.30. The van der Waals surface area contributed by atoms with Crippen molar-refractivity contribution in [2.75, 3.05) is 20.2 Å². The first-order chi connectivity index (χ1) is 18.0. The number of fused-ring (bicyclic) bond motifs is 5. The molecule has 10 heteroatoms. The maximum Gasteiger partial charge on any atom is 0.275 e. The number of aromatic nitrogens is 4. The van der Waals surface area contributed by atoms with E-state index < -0.39 is 5.82 Å². The van der Waals surface area contributed by atoms with Crippen LogP contribution in [-0.2, 0) is 6.54 Å². The summed E-state index contributed by atoms with van der Waals surface area (Å²) >= 11 is 6.13. The summed E-state index contributed by atoms with van der Waals surface area (Å²) in [6, 6.07) is 12.5. The van der Waals surface area contributed by atoms with E-state index in [2.05, 4.69) is 14.9 Å². The van der Waals surface area contributed by atoms with Gasteiger partial charge in [-0.15, -0.1) is 0 Å². The highest BCUT2D eigenvalue weighted by Crippen LogP contribution is 2.33. The Morgan fingerprint density at radius 2 is 1.92 bits per heavy atom. The van der Waals surface area contributed by atoms with Gasteiger partial charge in [-0.05, 0) is 43.5 Å². The molecule has 190 valence electrons. The number of ether oxygens (including phenoxy) is 1. The van der Waals surface area contributed by atoms with Crippen LogP contribution in [0.4, 0.5) is 4.39 Å². The van der Waals surface area contributed by atoms with E-state index in [0.29, 0.717) is 36.5 Å². The number of rotatable bonds is 5. The van der Waals surface area contributed by atoms with Gasteiger partial charge in [0.1, 0.15) is 0 Å². The number of hydrogen-bond acceptors (Lipinski definition) is 6. The average molecular weight is 521 g/mol. The number of amides is 1. The second-order valence-corrected chi connectivity index (χ2v) is 9.93. The summed E-state index contributed by atoms with van der Waals surface area (Å²) in [6.45, 7) is 1.90. The molecule has 37 heavy (non-hydrogen) atoms. The van der Waals surface area contributed by atoms with Crippen LogP contribution < -0.4 is 4.74 Å². The summed E-state index contributed by atoms with van der Waals surface area (Å²) in [5.41, 5.74) is 2.69. The van der Waals surface area contributed by atoms with Crippen molar-refractivity contribution in [2.45, 2.75) is 37.9 Å². The van der Waals surface area contributed by atoms with Gasteiger partial charge in [0.05, 0.1) is 18.5 Å². The van der Waals surface area contributed by atoms with Gasteiger partial charge in [0.15, 0.2) is 11.5 Å². The van der Waals surface area contributed by atoms with Crippen LogP contribution in [0.5, 0.6) is 5.88 Å². The zero-order valence-electron chi connectivity index (χ0n) is 20.3. The molecular weight excluding hydrogens is 495 g/mol. The number of piperidine rings is 1. The third-order valence-electron chi connectivity index (χ3n) is 7.40. The lowest BCUT2D eigenvalue weighted by Crippen LogP contribution is -2.49. The van der Waals surface area contributed by atoms with Crippen molar-refractivity contribution >= 4 is 23.3 Å². The van der Waals surface area contributed by atoms with E-state index in [9.17, 15) is 9.18 Å². The summed E-state index contributed by atoms with van der Waals surface area (Å²) in [6.07, 6.45) is 6.36. The quantitative estimate of drug-likeness (QED) is 0.386. The molecular formula is C27H26ClFN6O2. The van der Waals surface area contributed by atoms with E-state index in [1.807, 2.05) is 40.9 Å². The molecule has 7 rings (SSSR count). The molecule has 2 atom stereocenters. The van der Waals surface area contributed by atoms with Crippen molar-refractivity contribution in [3.63, 3.8) is 0 Å². The Morgan fingerprint density at radius 3 is 2.73 bits per heavy atom. The normalized spacial score (nSPS) is 19.8. The number of halogens is 2. The molecule has 0 spiro atoms. The number of pyridine rings is 1. The lowest BCUT2D eigenvalue weighted by molar-refractivity contribution is 0.0592. The van der Waals surface area contributed by atoms with Gasteiger partial charge >= 0.3 is 0 Å². The molecule has 3 aliphatic rings. The average Bonchev–Trinajstić information content (AvgIpc) is 3.04. The fraction of sp³-hybridized carbons (Fsp3) is 0.333. The van der Waals surface area contributed by atoms with Crippen LogP contribution in [0.1, 0.15) is 35.4 Å². The summed E-state index contributed by atoms with van der Waals surface area (Å²) in [4.78, 5) is 31.0. The molecule has 1 amide bonds. The number of imidazole rings is 1. The Morgan fingerprint density at radius 1 is 1.11 bits per heavy atom. The number of benzene rings is 1. The maximum atomic E-state index is 14.6. The van der Waals surface area contributed by atoms with E-state index >= 15 is 0 Å². The molecule has 3 fully saturated rings. The SMILES string of the molecule is COc1ccc(F)c(C(=O)N2CCC3CCC2CN3Cc2c(-c3ccc(Cl)cc3)nc3ncccn23)n1. The molecule has 0 aliphatic carbocycles. The Labute approximate surface area is 218 Å². The minimum atomic E-state index is -0.632. The van der Waals surface area contributed by atoms with Crippen molar-refractivity contribution in [3.8, 4) is 17.1 Å². The van der Waals surface area contributed by atoms with Gasteiger partial charge in [0.25, 0.3) is 5.91 Å². The van der Waals surface area contributed by atoms with Crippen molar-refractivity contribution in [1.82, 2.24) is 29.2 Å². The largest absolute Gasteiger partial charge is 0.481 e. The third kappa shape index (κ3) is 4.42. The zero-order valence-corrected chi connectivity index (χ0v) is 21.1. The lowest BCUT2D eigenvalue weighted by atomic mass is 9.98. The fourth-order valence-electron chi connectivity index (χ4n) is 5.53. The molecule has 4 aromatic rings. The molecule has 2 bridgehead atoms. The second-order valence-electron chi connectivity index (χ2n) is 9.49. The van der Waals surface area contributed by atoms with Crippen LogP contribution >= 0.6 is 11.6 Å². The van der Waals surface area contributed by atoms with E-state index in [1.54, 1.807) is 11.1 Å². The standard InChI is InChI=1S/C27H26ClFN6O2/c1-37-23-10-9-21(29)25(31-23)26(36)34-14-11-19-7-8-20(34)15-33(19)16-22-24(17-3-5-18(28)6-4-17)32-27-30-12-2-13-35(22)27/h2-6,9-10,12-13,19-20H,7-8,11,14-16H2,1H3. The highest BCUT2D eigenvalue weighted by Gasteiger charge is 2.39. The van der Waals surface area contributed by atoms with Crippen molar-refractivity contribution in [2.24, 2.45) is 0 Å². The molecule has 8 nitrogen and oxygen atoms in total. The lowest BCUT2D eigenvalue weighted by Gasteiger charge is -2.38. The van der Waals surface area contributed by atoms with Crippen molar-refractivity contribution < 1.29 is 13.9 Å². The second kappa shape index (κ2) is 9.72. The highest BCUT2D eigenvalue weighted by atomic mass is 35.5. The van der Waals surface area contributed by atoms with Crippen LogP contribution in [0.15, 0.2) is 54.9 Å². The van der Waals surface area contributed by atoms with E-state index in [1.165, 1.54) is 19.2 Å². The van der Waals surface area contributed by atoms with Gasteiger partial charge in [-0.2, -0.15) is 0 Å². The summed E-state index contributed by atoms with van der Waals surface area (Å²) in [7, 11) is 1.45. The van der Waals surface area contributed by atoms with Gasteiger partial charge < -0.3 is 9.64 Å². The molecule has 3 saturated heterocycles. The topological polar surface area (TPSA) is 75.9 Å². The van der Waals surface area contributed by atoms with E-state index in [4.69, 9.17) is 21.3 Å². The monoisotopic (exact) mass is 520 g/mol. The fourth-order valence-corrected chi connectivity index (χ4v) is 5.66. The molecule has 6 heterocycles. The molecule has 0 saturated carbocycles. The summed E-state index contributed by atoms with van der Waals surface area (Å²) in [5, 5.41) is 0.670.